The Balaban J connectivity index is 1.60. The summed E-state index contributed by atoms with van der Waals surface area (Å²) in [5, 5.41) is 3.17. The lowest BCUT2D eigenvalue weighted by Crippen LogP contribution is -2.27. The predicted octanol–water partition coefficient (Wildman–Crippen LogP) is 3.76. The maximum atomic E-state index is 6.08. The molecule has 4 nitrogen and oxygen atoms in total. The second-order valence-electron chi connectivity index (χ2n) is 6.50. The molecule has 1 aliphatic rings. The van der Waals surface area contributed by atoms with Gasteiger partial charge in [0.05, 0.1) is 12.1 Å². The van der Waals surface area contributed by atoms with Crippen LogP contribution in [-0.4, -0.2) is 18.1 Å². The topological polar surface area (TPSA) is 59.6 Å². The van der Waals surface area contributed by atoms with Crippen molar-refractivity contribution in [3.8, 4) is 5.75 Å². The normalized spacial score (nSPS) is 17.5. The number of guanidine groups is 1. The molecule has 1 atom stereocenters. The van der Waals surface area contributed by atoms with Crippen LogP contribution in [0.2, 0.25) is 0 Å². The lowest BCUT2D eigenvalue weighted by atomic mass is 9.89. The molecule has 1 aliphatic carbocycles. The quantitative estimate of drug-likeness (QED) is 0.665. The van der Waals surface area contributed by atoms with E-state index in [1.54, 1.807) is 0 Å². The molecule has 0 aromatic heterocycles. The molecule has 4 heteroatoms. The number of benzene rings is 2. The van der Waals surface area contributed by atoms with Crippen LogP contribution in [0.25, 0.3) is 0 Å². The zero-order valence-electron chi connectivity index (χ0n) is 14.3. The van der Waals surface area contributed by atoms with Crippen LogP contribution >= 0.6 is 0 Å². The molecule has 0 spiro atoms. The van der Waals surface area contributed by atoms with Crippen molar-refractivity contribution in [3.63, 3.8) is 0 Å². The van der Waals surface area contributed by atoms with Gasteiger partial charge in [-0.3, -0.25) is 0 Å². The largest absolute Gasteiger partial charge is 0.491 e. The van der Waals surface area contributed by atoms with Crippen molar-refractivity contribution in [2.75, 3.05) is 5.32 Å². The van der Waals surface area contributed by atoms with Crippen LogP contribution in [0.5, 0.6) is 5.75 Å². The zero-order chi connectivity index (χ0) is 16.9. The Hall–Kier alpha value is -2.49. The van der Waals surface area contributed by atoms with Crippen molar-refractivity contribution >= 4 is 11.6 Å². The van der Waals surface area contributed by atoms with Crippen LogP contribution in [-0.2, 0) is 12.8 Å². The Kier molecular flexibility index (Phi) is 5.04. The summed E-state index contributed by atoms with van der Waals surface area (Å²) in [7, 11) is 0. The monoisotopic (exact) mass is 323 g/mol. The van der Waals surface area contributed by atoms with Crippen LogP contribution < -0.4 is 15.8 Å². The van der Waals surface area contributed by atoms with Crippen molar-refractivity contribution in [1.82, 2.24) is 0 Å². The fraction of sp³-hybridized carbons (Fsp3) is 0.350. The molecule has 1 unspecified atom stereocenters. The lowest BCUT2D eigenvalue weighted by molar-refractivity contribution is 0.242. The Morgan fingerprint density at radius 2 is 1.83 bits per heavy atom. The molecule has 0 bridgehead atoms. The second-order valence-corrected chi connectivity index (χ2v) is 6.50. The second kappa shape index (κ2) is 7.39. The van der Waals surface area contributed by atoms with Gasteiger partial charge >= 0.3 is 0 Å². The minimum absolute atomic E-state index is 0.171. The third-order valence-electron chi connectivity index (χ3n) is 4.14. The van der Waals surface area contributed by atoms with Gasteiger partial charge in [0.25, 0.3) is 0 Å². The number of ether oxygens (including phenoxy) is 1. The Labute approximate surface area is 143 Å². The summed E-state index contributed by atoms with van der Waals surface area (Å²) in [6.45, 7) is 4.03. The van der Waals surface area contributed by atoms with Gasteiger partial charge in [0.2, 0.25) is 0 Å². The molecule has 0 saturated heterocycles. The zero-order valence-corrected chi connectivity index (χ0v) is 14.3. The van der Waals surface area contributed by atoms with E-state index in [1.165, 1.54) is 11.1 Å². The summed E-state index contributed by atoms with van der Waals surface area (Å²) in [4.78, 5) is 4.65. The summed E-state index contributed by atoms with van der Waals surface area (Å²) in [5.41, 5.74) is 9.83. The first kappa shape index (κ1) is 16.4. The van der Waals surface area contributed by atoms with E-state index in [0.717, 1.165) is 30.7 Å². The average Bonchev–Trinajstić information content (AvgIpc) is 2.56. The fourth-order valence-electron chi connectivity index (χ4n) is 3.05. The van der Waals surface area contributed by atoms with Gasteiger partial charge in [-0.25, -0.2) is 4.99 Å². The highest BCUT2D eigenvalue weighted by molar-refractivity contribution is 5.92. The van der Waals surface area contributed by atoms with Crippen molar-refractivity contribution in [1.29, 1.82) is 0 Å². The first-order chi connectivity index (χ1) is 11.6. The Morgan fingerprint density at radius 1 is 1.12 bits per heavy atom. The number of aliphatic imine (C=N–C) groups is 1. The Bertz CT molecular complexity index is 707. The number of nitrogens with zero attached hydrogens (tertiary/aromatic N) is 1. The number of nitrogens with one attached hydrogen (secondary N) is 1. The molecule has 0 amide bonds. The molecule has 24 heavy (non-hydrogen) atoms. The minimum Gasteiger partial charge on any atom is -0.491 e. The average molecular weight is 323 g/mol. The van der Waals surface area contributed by atoms with E-state index in [4.69, 9.17) is 10.5 Å². The third-order valence-corrected chi connectivity index (χ3v) is 4.14. The highest BCUT2D eigenvalue weighted by atomic mass is 16.5. The number of fused-ring (bicyclic) bond motifs is 1. The number of rotatable bonds is 4. The van der Waals surface area contributed by atoms with Crippen molar-refractivity contribution < 1.29 is 4.74 Å². The lowest BCUT2D eigenvalue weighted by Gasteiger charge is -2.22. The number of nitrogens with two attached hydrogens (primary N) is 1. The van der Waals surface area contributed by atoms with Crippen molar-refractivity contribution in [2.24, 2.45) is 10.7 Å². The standard InChI is InChI=1S/C20H25N3O/c1-14(2)24-19-11-9-17(10-12-19)22-20(21)23-18-8-7-15-5-3-4-6-16(15)13-18/h3-6,9-12,14,18H,7-8,13H2,1-2H3,(H3,21,22,23). The third kappa shape index (κ3) is 4.28. The van der Waals surface area contributed by atoms with E-state index in [2.05, 4.69) is 34.6 Å². The molecule has 2 aromatic carbocycles. The molecule has 0 saturated carbocycles. The molecule has 0 radical (unpaired) electrons. The summed E-state index contributed by atoms with van der Waals surface area (Å²) < 4.78 is 5.64. The van der Waals surface area contributed by atoms with Crippen molar-refractivity contribution in [2.45, 2.75) is 45.3 Å². The predicted molar refractivity (Wildman–Crippen MR) is 99.7 cm³/mol. The van der Waals surface area contributed by atoms with E-state index >= 15 is 0 Å². The summed E-state index contributed by atoms with van der Waals surface area (Å²) in [6, 6.07) is 16.6. The molecule has 2 aromatic rings. The number of anilines is 1. The SMILES string of the molecule is CC(C)Oc1ccc(NC(N)=NC2CCc3ccccc3C2)cc1. The van der Waals surface area contributed by atoms with Gasteiger partial charge in [-0.15, -0.1) is 0 Å². The summed E-state index contributed by atoms with van der Waals surface area (Å²) >= 11 is 0. The first-order valence-corrected chi connectivity index (χ1v) is 8.54. The minimum atomic E-state index is 0.171. The highest BCUT2D eigenvalue weighted by Crippen LogP contribution is 2.23. The van der Waals surface area contributed by atoms with Crippen molar-refractivity contribution in [3.05, 3.63) is 59.7 Å². The summed E-state index contributed by atoms with van der Waals surface area (Å²) in [5.74, 6) is 1.33. The van der Waals surface area contributed by atoms with Crippen LogP contribution in [0.3, 0.4) is 0 Å². The van der Waals surface area contributed by atoms with Crippen LogP contribution in [0, 0.1) is 0 Å². The van der Waals surface area contributed by atoms with Gasteiger partial charge < -0.3 is 15.8 Å². The van der Waals surface area contributed by atoms with E-state index < -0.39 is 0 Å². The number of aryl methyl sites for hydroxylation is 1. The molecular weight excluding hydrogens is 298 g/mol. The molecule has 0 heterocycles. The van der Waals surface area contributed by atoms with E-state index in [9.17, 15) is 0 Å². The van der Waals surface area contributed by atoms with Gasteiger partial charge in [0, 0.05) is 5.69 Å². The molecule has 0 fully saturated rings. The molecule has 3 rings (SSSR count). The maximum absolute atomic E-state index is 6.08. The Morgan fingerprint density at radius 3 is 2.54 bits per heavy atom. The van der Waals surface area contributed by atoms with Gasteiger partial charge in [0.1, 0.15) is 5.75 Å². The first-order valence-electron chi connectivity index (χ1n) is 8.54. The van der Waals surface area contributed by atoms with Gasteiger partial charge in [0.15, 0.2) is 5.96 Å². The van der Waals surface area contributed by atoms with Crippen LogP contribution in [0.4, 0.5) is 5.69 Å². The number of hydrogen-bond acceptors (Lipinski definition) is 2. The smallest absolute Gasteiger partial charge is 0.193 e. The maximum Gasteiger partial charge on any atom is 0.193 e. The molecule has 0 aliphatic heterocycles. The molecule has 3 N–H and O–H groups in total. The van der Waals surface area contributed by atoms with E-state index in [0.29, 0.717) is 5.96 Å². The van der Waals surface area contributed by atoms with Gasteiger partial charge in [-0.1, -0.05) is 24.3 Å². The number of hydrogen-bond donors (Lipinski definition) is 2. The highest BCUT2D eigenvalue weighted by Gasteiger charge is 2.17. The van der Waals surface area contributed by atoms with Crippen LogP contribution in [0.1, 0.15) is 31.4 Å². The van der Waals surface area contributed by atoms with E-state index in [1.807, 2.05) is 38.1 Å². The molecule has 126 valence electrons. The molecular formula is C20H25N3O. The van der Waals surface area contributed by atoms with Gasteiger partial charge in [-0.05, 0) is 68.5 Å². The van der Waals surface area contributed by atoms with Crippen LogP contribution in [0.15, 0.2) is 53.5 Å². The fourth-order valence-corrected chi connectivity index (χ4v) is 3.05. The summed E-state index contributed by atoms with van der Waals surface area (Å²) in [6.07, 6.45) is 3.24. The van der Waals surface area contributed by atoms with E-state index in [-0.39, 0.29) is 12.1 Å². The van der Waals surface area contributed by atoms with Gasteiger partial charge in [-0.2, -0.15) is 0 Å².